The van der Waals surface area contributed by atoms with E-state index in [4.69, 9.17) is 4.74 Å². The Morgan fingerprint density at radius 1 is 1.44 bits per heavy atom. The van der Waals surface area contributed by atoms with Crippen LogP contribution in [0.25, 0.3) is 0 Å². The summed E-state index contributed by atoms with van der Waals surface area (Å²) in [4.78, 5) is 36.6. The lowest BCUT2D eigenvalue weighted by Crippen LogP contribution is -2.41. The van der Waals surface area contributed by atoms with Crippen LogP contribution in [0, 0.1) is 15.5 Å². The second-order valence-electron chi connectivity index (χ2n) is 6.04. The summed E-state index contributed by atoms with van der Waals surface area (Å²) >= 11 is 1.29. The number of amides is 1. The molecule has 0 spiro atoms. The van der Waals surface area contributed by atoms with Crippen LogP contribution in [0.5, 0.6) is 0 Å². The number of carboxylic acid groups (broad SMARTS) is 1. The Bertz CT molecular complexity index is 665. The first-order valence-corrected chi connectivity index (χ1v) is 8.59. The lowest BCUT2D eigenvalue weighted by molar-refractivity contribution is -0.384. The lowest BCUT2D eigenvalue weighted by atomic mass is 9.88. The van der Waals surface area contributed by atoms with Gasteiger partial charge in [0.25, 0.3) is 5.69 Å². The molecule has 2 rings (SSSR count). The van der Waals surface area contributed by atoms with Gasteiger partial charge in [0, 0.05) is 37.2 Å². The number of carbonyl (C=O) groups excluding carboxylic acids is 1. The lowest BCUT2D eigenvalue weighted by Gasteiger charge is -2.25. The van der Waals surface area contributed by atoms with Crippen molar-refractivity contribution in [1.82, 2.24) is 4.90 Å². The maximum atomic E-state index is 12.6. The van der Waals surface area contributed by atoms with E-state index in [0.717, 1.165) is 4.90 Å². The number of carboxylic acids is 1. The topological polar surface area (TPSA) is 110 Å². The van der Waals surface area contributed by atoms with Crippen molar-refractivity contribution in [3.8, 4) is 0 Å². The van der Waals surface area contributed by atoms with Crippen LogP contribution in [0.2, 0.25) is 0 Å². The molecule has 1 heterocycles. The summed E-state index contributed by atoms with van der Waals surface area (Å²) in [5.74, 6) is -1.11. The minimum atomic E-state index is -1.05. The van der Waals surface area contributed by atoms with Crippen LogP contribution >= 0.6 is 11.8 Å². The molecule has 1 N–H and O–H groups in total. The van der Waals surface area contributed by atoms with E-state index in [1.807, 2.05) is 0 Å². The number of non-ortho nitro benzene ring substituents is 1. The number of benzene rings is 1. The van der Waals surface area contributed by atoms with E-state index in [1.165, 1.54) is 31.0 Å². The molecule has 1 fully saturated rings. The third-order valence-corrected chi connectivity index (χ3v) is 5.35. The van der Waals surface area contributed by atoms with E-state index in [1.54, 1.807) is 24.0 Å². The molecule has 1 saturated heterocycles. The average Bonchev–Trinajstić information content (AvgIpc) is 3.00. The second kappa shape index (κ2) is 7.83. The highest BCUT2D eigenvalue weighted by atomic mass is 32.2. The summed E-state index contributed by atoms with van der Waals surface area (Å²) in [7, 11) is 1.45. The smallest absolute Gasteiger partial charge is 0.313 e. The van der Waals surface area contributed by atoms with Gasteiger partial charge in [0.2, 0.25) is 5.91 Å². The van der Waals surface area contributed by atoms with Crippen molar-refractivity contribution >= 4 is 29.3 Å². The number of nitro benzene ring substituents is 1. The fraction of sp³-hybridized carbons (Fsp3) is 0.500. The highest BCUT2D eigenvalue weighted by Crippen LogP contribution is 2.33. The quantitative estimate of drug-likeness (QED) is 0.445. The molecule has 9 heteroatoms. The number of aliphatic carboxylic acids is 1. The molecule has 0 saturated carbocycles. The zero-order valence-corrected chi connectivity index (χ0v) is 14.8. The molecule has 2 unspecified atom stereocenters. The Kier molecular flexibility index (Phi) is 6.02. The molecule has 25 heavy (non-hydrogen) atoms. The number of thioether (sulfide) groups is 1. The van der Waals surface area contributed by atoms with E-state index in [0.29, 0.717) is 13.0 Å². The fourth-order valence-electron chi connectivity index (χ4n) is 2.85. The number of methoxy groups -OCH3 is 1. The fourth-order valence-corrected chi connectivity index (χ4v) is 3.80. The summed E-state index contributed by atoms with van der Waals surface area (Å²) in [5.41, 5.74) is -1.06. The minimum Gasteiger partial charge on any atom is -0.481 e. The summed E-state index contributed by atoms with van der Waals surface area (Å²) in [6.07, 6.45) is 0.358. The van der Waals surface area contributed by atoms with Gasteiger partial charge in [0.1, 0.15) is 5.41 Å². The van der Waals surface area contributed by atoms with Crippen LogP contribution in [0.1, 0.15) is 13.3 Å². The van der Waals surface area contributed by atoms with E-state index in [-0.39, 0.29) is 24.7 Å². The maximum Gasteiger partial charge on any atom is 0.313 e. The third kappa shape index (κ3) is 4.29. The summed E-state index contributed by atoms with van der Waals surface area (Å²) in [5, 5.41) is 19.7. The Morgan fingerprint density at radius 3 is 2.60 bits per heavy atom. The van der Waals surface area contributed by atoms with Crippen molar-refractivity contribution in [2.24, 2.45) is 5.41 Å². The van der Waals surface area contributed by atoms with Crippen molar-refractivity contribution in [1.29, 1.82) is 0 Å². The standard InChI is InChI=1S/C16H20N2O6S/c1-11(25-13-5-3-12(4-6-13)18(22)23)14(19)17-8-7-16(9-17,10-24-2)15(20)21/h3-6,11H,7-10H2,1-2H3,(H,20,21). The maximum absolute atomic E-state index is 12.6. The molecular weight excluding hydrogens is 348 g/mol. The predicted molar refractivity (Wildman–Crippen MR) is 91.6 cm³/mol. The largest absolute Gasteiger partial charge is 0.481 e. The first kappa shape index (κ1) is 19.2. The Balaban J connectivity index is 2.00. The van der Waals surface area contributed by atoms with Crippen LogP contribution in [0.4, 0.5) is 5.69 Å². The number of likely N-dealkylation sites (tertiary alicyclic amines) is 1. The first-order chi connectivity index (χ1) is 11.8. The van der Waals surface area contributed by atoms with Gasteiger partial charge in [0.05, 0.1) is 16.8 Å². The zero-order valence-electron chi connectivity index (χ0n) is 14.0. The normalized spacial score (nSPS) is 21.1. The number of nitrogens with zero attached hydrogens (tertiary/aromatic N) is 2. The molecule has 1 amide bonds. The molecule has 0 bridgehead atoms. The molecule has 1 aromatic rings. The highest BCUT2D eigenvalue weighted by Gasteiger charge is 2.47. The van der Waals surface area contributed by atoms with Crippen LogP contribution in [0.15, 0.2) is 29.2 Å². The van der Waals surface area contributed by atoms with Gasteiger partial charge in [-0.2, -0.15) is 0 Å². The molecule has 2 atom stereocenters. The number of hydrogen-bond donors (Lipinski definition) is 1. The molecular formula is C16H20N2O6S. The summed E-state index contributed by atoms with van der Waals surface area (Å²) in [6.45, 7) is 2.31. The van der Waals surface area contributed by atoms with Gasteiger partial charge in [-0.1, -0.05) is 0 Å². The summed E-state index contributed by atoms with van der Waals surface area (Å²) < 4.78 is 5.03. The average molecular weight is 368 g/mol. The molecule has 136 valence electrons. The van der Waals surface area contributed by atoms with Gasteiger partial charge in [0.15, 0.2) is 0 Å². The monoisotopic (exact) mass is 368 g/mol. The molecule has 1 aliphatic heterocycles. The van der Waals surface area contributed by atoms with Crippen LogP contribution in [0.3, 0.4) is 0 Å². The van der Waals surface area contributed by atoms with Gasteiger partial charge >= 0.3 is 5.97 Å². The zero-order chi connectivity index (χ0) is 18.6. The Labute approximate surface area is 149 Å². The van der Waals surface area contributed by atoms with Gasteiger partial charge in [-0.05, 0) is 25.5 Å². The highest BCUT2D eigenvalue weighted by molar-refractivity contribution is 8.00. The molecule has 1 aromatic carbocycles. The Hall–Kier alpha value is -2.13. The van der Waals surface area contributed by atoms with Crippen molar-refractivity contribution in [2.45, 2.75) is 23.5 Å². The SMILES string of the molecule is COCC1(C(=O)O)CCN(C(=O)C(C)Sc2ccc([N+](=O)[O-])cc2)C1. The molecule has 1 aliphatic rings. The summed E-state index contributed by atoms with van der Waals surface area (Å²) in [6, 6.07) is 5.99. The van der Waals surface area contributed by atoms with Crippen LogP contribution in [-0.2, 0) is 14.3 Å². The van der Waals surface area contributed by atoms with Gasteiger partial charge < -0.3 is 14.7 Å². The van der Waals surface area contributed by atoms with E-state index >= 15 is 0 Å². The van der Waals surface area contributed by atoms with Gasteiger partial charge in [-0.25, -0.2) is 0 Å². The number of hydrogen-bond acceptors (Lipinski definition) is 6. The van der Waals surface area contributed by atoms with Gasteiger partial charge in [-0.3, -0.25) is 19.7 Å². The van der Waals surface area contributed by atoms with Crippen molar-refractivity contribution in [3.05, 3.63) is 34.4 Å². The minimum absolute atomic E-state index is 0.00585. The van der Waals surface area contributed by atoms with E-state index < -0.39 is 21.6 Å². The van der Waals surface area contributed by atoms with Crippen LogP contribution in [-0.4, -0.2) is 58.9 Å². The number of nitro groups is 1. The predicted octanol–water partition coefficient (Wildman–Crippen LogP) is 2.03. The molecule has 0 aliphatic carbocycles. The van der Waals surface area contributed by atoms with Crippen molar-refractivity contribution < 1.29 is 24.4 Å². The van der Waals surface area contributed by atoms with Gasteiger partial charge in [-0.15, -0.1) is 11.8 Å². The van der Waals surface area contributed by atoms with Crippen molar-refractivity contribution in [3.63, 3.8) is 0 Å². The van der Waals surface area contributed by atoms with E-state index in [9.17, 15) is 24.8 Å². The number of carbonyl (C=O) groups is 2. The molecule has 0 radical (unpaired) electrons. The second-order valence-corrected chi connectivity index (χ2v) is 7.45. The van der Waals surface area contributed by atoms with Crippen molar-refractivity contribution in [2.75, 3.05) is 26.8 Å². The Morgan fingerprint density at radius 2 is 2.08 bits per heavy atom. The molecule has 0 aromatic heterocycles. The molecule has 8 nitrogen and oxygen atoms in total. The third-order valence-electron chi connectivity index (χ3n) is 4.25. The van der Waals surface area contributed by atoms with Crippen LogP contribution < -0.4 is 0 Å². The first-order valence-electron chi connectivity index (χ1n) is 7.71. The van der Waals surface area contributed by atoms with E-state index in [2.05, 4.69) is 0 Å². The number of ether oxygens (including phenoxy) is 1. The number of rotatable bonds is 7.